The van der Waals surface area contributed by atoms with Crippen LogP contribution in [0.2, 0.25) is 0 Å². The van der Waals surface area contributed by atoms with Gasteiger partial charge in [-0.25, -0.2) is 0 Å². The van der Waals surface area contributed by atoms with E-state index in [0.717, 1.165) is 9.56 Å². The lowest BCUT2D eigenvalue weighted by molar-refractivity contribution is -0.142. The molecule has 0 saturated carbocycles. The van der Waals surface area contributed by atoms with Gasteiger partial charge in [0.05, 0.1) is 5.69 Å². The Labute approximate surface area is 136 Å². The lowest BCUT2D eigenvalue weighted by Crippen LogP contribution is -2.30. The van der Waals surface area contributed by atoms with Crippen molar-refractivity contribution in [3.63, 3.8) is 0 Å². The smallest absolute Gasteiger partial charge is 0.292 e. The standard InChI is InChI=1S/C16H17F3N2OS/c1-15(2)6-5-12(22)14-13(15)11(8-10-4-3-7-23-10)20-21(14)9-16(17,18)19/h3-4,7H,5-6,8-9H2,1-2H3. The van der Waals surface area contributed by atoms with Crippen molar-refractivity contribution in [3.05, 3.63) is 39.3 Å². The average molecular weight is 342 g/mol. The number of fused-ring (bicyclic) bond motifs is 1. The summed E-state index contributed by atoms with van der Waals surface area (Å²) in [6.07, 6.45) is -3.04. The van der Waals surface area contributed by atoms with E-state index in [9.17, 15) is 18.0 Å². The molecular formula is C16H17F3N2OS. The topological polar surface area (TPSA) is 34.9 Å². The van der Waals surface area contributed by atoms with E-state index in [1.165, 1.54) is 11.3 Å². The fourth-order valence-electron chi connectivity index (χ4n) is 3.16. The largest absolute Gasteiger partial charge is 0.408 e. The minimum atomic E-state index is -4.40. The molecule has 0 radical (unpaired) electrons. The van der Waals surface area contributed by atoms with Gasteiger partial charge in [0.15, 0.2) is 5.78 Å². The maximum atomic E-state index is 12.8. The molecule has 0 atom stereocenters. The molecule has 2 aromatic heterocycles. The molecule has 124 valence electrons. The van der Waals surface area contributed by atoms with Crippen molar-refractivity contribution in [2.24, 2.45) is 0 Å². The maximum Gasteiger partial charge on any atom is 0.408 e. The molecule has 0 bridgehead atoms. The van der Waals surface area contributed by atoms with Gasteiger partial charge in [-0.05, 0) is 23.3 Å². The molecule has 1 aliphatic carbocycles. The predicted octanol–water partition coefficient (Wildman–Crippen LogP) is 4.35. The van der Waals surface area contributed by atoms with Crippen LogP contribution in [0.4, 0.5) is 13.2 Å². The van der Waals surface area contributed by atoms with E-state index >= 15 is 0 Å². The Bertz CT molecular complexity index is 729. The summed E-state index contributed by atoms with van der Waals surface area (Å²) in [6.45, 7) is 2.72. The van der Waals surface area contributed by atoms with Crippen LogP contribution in [0, 0.1) is 0 Å². The lowest BCUT2D eigenvalue weighted by atomic mass is 9.73. The van der Waals surface area contributed by atoms with Crippen LogP contribution in [-0.2, 0) is 18.4 Å². The van der Waals surface area contributed by atoms with Crippen molar-refractivity contribution in [1.82, 2.24) is 9.78 Å². The van der Waals surface area contributed by atoms with E-state index < -0.39 is 12.7 Å². The fourth-order valence-corrected chi connectivity index (χ4v) is 3.87. The molecule has 0 fully saturated rings. The Kier molecular flexibility index (Phi) is 3.86. The van der Waals surface area contributed by atoms with E-state index in [1.54, 1.807) is 0 Å². The maximum absolute atomic E-state index is 12.8. The van der Waals surface area contributed by atoms with Crippen LogP contribution in [0.1, 0.15) is 53.3 Å². The molecule has 0 aliphatic heterocycles. The quantitative estimate of drug-likeness (QED) is 0.831. The predicted molar refractivity (Wildman–Crippen MR) is 82.0 cm³/mol. The van der Waals surface area contributed by atoms with Gasteiger partial charge < -0.3 is 0 Å². The highest BCUT2D eigenvalue weighted by molar-refractivity contribution is 7.09. The molecule has 0 unspecified atom stereocenters. The first-order chi connectivity index (χ1) is 10.7. The van der Waals surface area contributed by atoms with Crippen LogP contribution < -0.4 is 0 Å². The number of ketones is 1. The van der Waals surface area contributed by atoms with Gasteiger partial charge >= 0.3 is 6.18 Å². The second kappa shape index (κ2) is 5.47. The first-order valence-corrected chi connectivity index (χ1v) is 8.28. The van der Waals surface area contributed by atoms with E-state index in [0.29, 0.717) is 24.1 Å². The van der Waals surface area contributed by atoms with Gasteiger partial charge in [-0.1, -0.05) is 19.9 Å². The Morgan fingerprint density at radius 2 is 2.13 bits per heavy atom. The highest BCUT2D eigenvalue weighted by atomic mass is 32.1. The number of hydrogen-bond acceptors (Lipinski definition) is 3. The summed E-state index contributed by atoms with van der Waals surface area (Å²) in [5.74, 6) is -0.242. The van der Waals surface area contributed by atoms with Crippen LogP contribution in [-0.4, -0.2) is 21.7 Å². The molecule has 7 heteroatoms. The van der Waals surface area contributed by atoms with E-state index in [1.807, 2.05) is 31.4 Å². The van der Waals surface area contributed by atoms with Crippen LogP contribution in [0.5, 0.6) is 0 Å². The van der Waals surface area contributed by atoms with Gasteiger partial charge in [0.25, 0.3) is 0 Å². The first-order valence-electron chi connectivity index (χ1n) is 7.40. The molecular weight excluding hydrogens is 325 g/mol. The second-order valence-corrected chi connectivity index (χ2v) is 7.54. The minimum Gasteiger partial charge on any atom is -0.292 e. The number of thiophene rings is 1. The van der Waals surface area contributed by atoms with Crippen molar-refractivity contribution in [2.45, 2.75) is 51.2 Å². The van der Waals surface area contributed by atoms with E-state index in [-0.39, 0.29) is 23.3 Å². The van der Waals surface area contributed by atoms with Crippen molar-refractivity contribution < 1.29 is 18.0 Å². The molecule has 3 nitrogen and oxygen atoms in total. The van der Waals surface area contributed by atoms with Crippen LogP contribution >= 0.6 is 11.3 Å². The lowest BCUT2D eigenvalue weighted by Gasteiger charge is -2.30. The highest BCUT2D eigenvalue weighted by Gasteiger charge is 2.40. The van der Waals surface area contributed by atoms with Crippen LogP contribution in [0.25, 0.3) is 0 Å². The Hall–Kier alpha value is -1.63. The molecule has 1 aliphatic rings. The third-order valence-corrected chi connectivity index (χ3v) is 5.07. The molecule has 0 N–H and O–H groups in total. The van der Waals surface area contributed by atoms with Crippen molar-refractivity contribution in [1.29, 1.82) is 0 Å². The number of rotatable bonds is 3. The first kappa shape index (κ1) is 16.2. The highest BCUT2D eigenvalue weighted by Crippen LogP contribution is 2.40. The van der Waals surface area contributed by atoms with E-state index in [4.69, 9.17) is 0 Å². The monoisotopic (exact) mass is 342 g/mol. The van der Waals surface area contributed by atoms with Crippen LogP contribution in [0.3, 0.4) is 0 Å². The average Bonchev–Trinajstić information content (AvgIpc) is 3.02. The Morgan fingerprint density at radius 1 is 1.39 bits per heavy atom. The number of carbonyl (C=O) groups is 1. The van der Waals surface area contributed by atoms with Gasteiger partial charge in [0.1, 0.15) is 12.2 Å². The van der Waals surface area contributed by atoms with Gasteiger partial charge in [-0.2, -0.15) is 18.3 Å². The number of nitrogens with zero attached hydrogens (tertiary/aromatic N) is 2. The molecule has 2 heterocycles. The number of carbonyl (C=O) groups excluding carboxylic acids is 1. The van der Waals surface area contributed by atoms with Crippen molar-refractivity contribution >= 4 is 17.1 Å². The Balaban J connectivity index is 2.12. The zero-order valence-electron chi connectivity index (χ0n) is 12.9. The number of alkyl halides is 3. The fraction of sp³-hybridized carbons (Fsp3) is 0.500. The summed E-state index contributed by atoms with van der Waals surface area (Å²) < 4.78 is 39.4. The SMILES string of the molecule is CC1(C)CCC(=O)c2c1c(Cc1cccs1)nn2CC(F)(F)F. The van der Waals surface area contributed by atoms with Gasteiger partial charge in [-0.15, -0.1) is 11.3 Å². The third kappa shape index (κ3) is 3.20. The zero-order chi connectivity index (χ0) is 16.8. The summed E-state index contributed by atoms with van der Waals surface area (Å²) >= 11 is 1.54. The molecule has 0 amide bonds. The normalized spacial score (nSPS) is 17.3. The summed E-state index contributed by atoms with van der Waals surface area (Å²) in [4.78, 5) is 13.3. The third-order valence-electron chi connectivity index (χ3n) is 4.19. The Morgan fingerprint density at radius 3 is 2.74 bits per heavy atom. The second-order valence-electron chi connectivity index (χ2n) is 6.51. The number of hydrogen-bond donors (Lipinski definition) is 0. The molecule has 2 aromatic rings. The van der Waals surface area contributed by atoms with Crippen molar-refractivity contribution in [2.75, 3.05) is 0 Å². The van der Waals surface area contributed by atoms with E-state index in [2.05, 4.69) is 5.10 Å². The molecule has 0 aromatic carbocycles. The summed E-state index contributed by atoms with van der Waals surface area (Å²) in [7, 11) is 0. The van der Waals surface area contributed by atoms with Gasteiger partial charge in [0.2, 0.25) is 0 Å². The molecule has 23 heavy (non-hydrogen) atoms. The molecule has 0 spiro atoms. The summed E-state index contributed by atoms with van der Waals surface area (Å²) in [6, 6.07) is 3.83. The molecule has 3 rings (SSSR count). The number of aromatic nitrogens is 2. The number of Topliss-reactive ketones (excluding diaryl/α,β-unsaturated/α-hetero) is 1. The van der Waals surface area contributed by atoms with Gasteiger partial charge in [0, 0.05) is 23.3 Å². The minimum absolute atomic E-state index is 0.144. The van der Waals surface area contributed by atoms with Crippen molar-refractivity contribution in [3.8, 4) is 0 Å². The number of halogens is 3. The zero-order valence-corrected chi connectivity index (χ0v) is 13.7. The summed E-state index contributed by atoms with van der Waals surface area (Å²) in [5, 5.41) is 6.10. The van der Waals surface area contributed by atoms with Crippen LogP contribution in [0.15, 0.2) is 17.5 Å². The molecule has 0 saturated heterocycles. The summed E-state index contributed by atoms with van der Waals surface area (Å²) in [5.41, 5.74) is 1.07. The van der Waals surface area contributed by atoms with Gasteiger partial charge in [-0.3, -0.25) is 9.48 Å².